The van der Waals surface area contributed by atoms with Crippen LogP contribution in [0.3, 0.4) is 0 Å². The van der Waals surface area contributed by atoms with Crippen molar-refractivity contribution >= 4 is 123 Å². The summed E-state index contributed by atoms with van der Waals surface area (Å²) in [6.07, 6.45) is -0.841. The second kappa shape index (κ2) is 45.9. The number of carbonyl (C=O) groups is 19. The number of nitrogens with one attached hydrogen (secondary N) is 14. The Balaban J connectivity index is 2.14. The Labute approximate surface area is 620 Å². The minimum absolute atomic E-state index is 0.00868. The van der Waals surface area contributed by atoms with Crippen LogP contribution in [-0.4, -0.2) is 230 Å². The average molecular weight is 1530 g/mol. The molecular formula is C68H102N16O24. The Morgan fingerprint density at radius 3 is 1.63 bits per heavy atom. The van der Waals surface area contributed by atoms with Gasteiger partial charge in [-0.25, -0.2) is 4.79 Å². The minimum atomic E-state index is -2.29. The number of carboxylic acids is 4. The highest BCUT2D eigenvalue weighted by molar-refractivity contribution is 6.02. The molecular weight excluding hydrogens is 1420 g/mol. The van der Waals surface area contributed by atoms with Crippen molar-refractivity contribution in [3.8, 4) is 0 Å². The molecule has 3 rings (SSSR count). The smallest absolute Gasteiger partial charge is 0.329 e. The summed E-state index contributed by atoms with van der Waals surface area (Å²) in [7, 11) is 0. The SMILES string of the molecule is CC(C)CCCCCCCCC(=O)NC(Cc1c[nH]c2ccccc12)C(=O)NC(CC(N)=O)C(=O)NC(CC(=O)O)C(=O)NC1C(=O)NCC(=O)NC(CCCN)C(=O)NC(CC(=O)O)C(=O)NC(C)C(=O)NC(CC(=O)O)C(=O)NCC(=O)NC(C)C(=O)NC(CCC(=O)O)C(=O)NC(C(C)C)C(=O)OC1C. The van der Waals surface area contributed by atoms with E-state index in [1.54, 1.807) is 30.5 Å². The lowest BCUT2D eigenvalue weighted by Crippen LogP contribution is -2.61. The van der Waals surface area contributed by atoms with Gasteiger partial charge in [0, 0.05) is 36.4 Å². The number of carbonyl (C=O) groups excluding carboxylic acids is 15. The number of para-hydroxylation sites is 1. The molecule has 1 aliphatic rings. The molecule has 2 aromatic rings. The normalized spacial score (nSPS) is 21.7. The van der Waals surface area contributed by atoms with E-state index in [0.29, 0.717) is 35.2 Å². The number of hydrogen-bond acceptors (Lipinski definition) is 21. The molecule has 108 heavy (non-hydrogen) atoms. The van der Waals surface area contributed by atoms with Crippen molar-refractivity contribution in [1.29, 1.82) is 0 Å². The molecule has 0 radical (unpaired) electrons. The Kier molecular flexibility index (Phi) is 38.6. The lowest BCUT2D eigenvalue weighted by molar-refractivity contribution is -0.157. The number of unbranched alkanes of at least 4 members (excludes halogenated alkanes) is 5. The Morgan fingerprint density at radius 1 is 0.528 bits per heavy atom. The largest absolute Gasteiger partial charge is 0.481 e. The maximum absolute atomic E-state index is 14.6. The predicted molar refractivity (Wildman–Crippen MR) is 379 cm³/mol. The van der Waals surface area contributed by atoms with Crippen LogP contribution in [0.5, 0.6) is 0 Å². The summed E-state index contributed by atoms with van der Waals surface area (Å²) in [6.45, 7) is 7.79. The number of hydrogen-bond donors (Lipinski definition) is 20. The van der Waals surface area contributed by atoms with E-state index >= 15 is 0 Å². The quantitative estimate of drug-likeness (QED) is 0.0237. The first kappa shape index (κ1) is 90.9. The van der Waals surface area contributed by atoms with Crippen molar-refractivity contribution in [3.63, 3.8) is 0 Å². The number of aromatic amines is 1. The van der Waals surface area contributed by atoms with E-state index in [1.165, 1.54) is 13.8 Å². The predicted octanol–water partition coefficient (Wildman–Crippen LogP) is -4.40. The summed E-state index contributed by atoms with van der Waals surface area (Å²) in [5.74, 6) is -25.6. The maximum atomic E-state index is 14.6. The second-order valence-electron chi connectivity index (χ2n) is 26.8. The van der Waals surface area contributed by atoms with E-state index in [4.69, 9.17) is 16.2 Å². The first-order chi connectivity index (χ1) is 50.8. The van der Waals surface area contributed by atoms with Crippen LogP contribution >= 0.6 is 0 Å². The number of esters is 1. The Hall–Kier alpha value is -11.3. The van der Waals surface area contributed by atoms with Gasteiger partial charge in [-0.3, -0.25) is 86.3 Å². The number of fused-ring (bicyclic) bond motifs is 1. The van der Waals surface area contributed by atoms with Crippen molar-refractivity contribution in [1.82, 2.24) is 74.1 Å². The van der Waals surface area contributed by atoms with E-state index in [-0.39, 0.29) is 32.2 Å². The van der Waals surface area contributed by atoms with E-state index in [1.807, 2.05) is 0 Å². The molecule has 1 saturated heterocycles. The summed E-state index contributed by atoms with van der Waals surface area (Å²) in [6, 6.07) is -13.7. The fourth-order valence-corrected chi connectivity index (χ4v) is 10.9. The number of aliphatic carboxylic acids is 4. The third-order valence-corrected chi connectivity index (χ3v) is 16.8. The zero-order chi connectivity index (χ0) is 81.1. The number of amides is 14. The second-order valence-corrected chi connectivity index (χ2v) is 26.8. The number of ether oxygens (including phenoxy) is 1. The van der Waals surface area contributed by atoms with Crippen LogP contribution in [0.2, 0.25) is 0 Å². The van der Waals surface area contributed by atoms with Gasteiger partial charge in [0.25, 0.3) is 0 Å². The molecule has 2 heterocycles. The molecule has 0 saturated carbocycles. The number of carboxylic acid groups (broad SMARTS) is 4. The molecule has 1 aliphatic heterocycles. The summed E-state index contributed by atoms with van der Waals surface area (Å²) in [5, 5.41) is 68.6. The van der Waals surface area contributed by atoms with Gasteiger partial charge in [0.15, 0.2) is 0 Å². The number of benzene rings is 1. The van der Waals surface area contributed by atoms with E-state index in [9.17, 15) is 112 Å². The third-order valence-electron chi connectivity index (χ3n) is 16.8. The van der Waals surface area contributed by atoms with Gasteiger partial charge in [0.1, 0.15) is 72.6 Å². The molecule has 12 atom stereocenters. The highest BCUT2D eigenvalue weighted by Gasteiger charge is 2.40. The van der Waals surface area contributed by atoms with Crippen molar-refractivity contribution in [2.75, 3.05) is 19.6 Å². The summed E-state index contributed by atoms with van der Waals surface area (Å²) >= 11 is 0. The molecule has 22 N–H and O–H groups in total. The van der Waals surface area contributed by atoms with Crippen LogP contribution < -0.4 is 80.6 Å². The Bertz CT molecular complexity index is 3570. The molecule has 0 spiro atoms. The standard InChI is InChI=1S/C68H102N16O24/c1-33(2)17-12-10-8-9-11-13-21-49(86)77-43(25-38-30-71-40-19-15-14-18-39(38)40)64(103)80-44(26-48(70)85)65(104)82-47(29-55(95)96)66(105)84-57-37(7)108-68(107)56(34(3)4)83-62(101)42(22-23-52(89)90)78-58(97)35(5)74-50(87)31-72-60(99)45(27-53(91)92)79-59(98)36(6)75-63(102)46(28-54(93)94)81-61(100)41(20-16-24-69)76-51(88)32-73-67(57)106/h14-15,18-19,30,33-37,41-47,56-57,71H,8-13,16-17,20-29,31-32,69H2,1-7H3,(H2,70,85)(H,72,99)(H,73,106)(H,74,87)(H,75,102)(H,76,88)(H,77,86)(H,78,97)(H,79,98)(H,80,103)(H,81,100)(H,82,104)(H,83,101)(H,84,105)(H,89,90)(H,91,92)(H,93,94)(H,95,96). The molecule has 40 nitrogen and oxygen atoms in total. The van der Waals surface area contributed by atoms with Crippen LogP contribution in [0.25, 0.3) is 10.9 Å². The fourth-order valence-electron chi connectivity index (χ4n) is 10.9. The molecule has 1 fully saturated rings. The van der Waals surface area contributed by atoms with Crippen LogP contribution in [-0.2, 0) is 102 Å². The molecule has 14 amide bonds. The van der Waals surface area contributed by atoms with Gasteiger partial charge in [0.05, 0.1) is 38.8 Å². The van der Waals surface area contributed by atoms with Gasteiger partial charge in [0.2, 0.25) is 82.7 Å². The highest BCUT2D eigenvalue weighted by Crippen LogP contribution is 2.21. The van der Waals surface area contributed by atoms with Gasteiger partial charge < -0.3 is 111 Å². The van der Waals surface area contributed by atoms with Crippen LogP contribution in [0.4, 0.5) is 0 Å². The van der Waals surface area contributed by atoms with Gasteiger partial charge >= 0.3 is 29.8 Å². The highest BCUT2D eigenvalue weighted by atomic mass is 16.5. The molecule has 0 bridgehead atoms. The van der Waals surface area contributed by atoms with Crippen LogP contribution in [0.1, 0.15) is 157 Å². The van der Waals surface area contributed by atoms with Gasteiger partial charge in [-0.1, -0.05) is 84.4 Å². The number of cyclic esters (lactones) is 1. The van der Waals surface area contributed by atoms with Gasteiger partial charge in [-0.2, -0.15) is 0 Å². The third kappa shape index (κ3) is 33.0. The zero-order valence-corrected chi connectivity index (χ0v) is 61.2. The van der Waals surface area contributed by atoms with E-state index in [0.717, 1.165) is 52.9 Å². The summed E-state index contributed by atoms with van der Waals surface area (Å²) < 4.78 is 5.65. The van der Waals surface area contributed by atoms with Crippen LogP contribution in [0.15, 0.2) is 30.5 Å². The van der Waals surface area contributed by atoms with E-state index < -0.39 is 243 Å². The first-order valence-electron chi connectivity index (χ1n) is 35.3. The number of rotatable bonds is 33. The lowest BCUT2D eigenvalue weighted by atomic mass is 10.0. The molecule has 598 valence electrons. The summed E-state index contributed by atoms with van der Waals surface area (Å²) in [4.78, 5) is 258. The number of nitrogens with two attached hydrogens (primary N) is 2. The van der Waals surface area contributed by atoms with E-state index in [2.05, 4.69) is 87.9 Å². The minimum Gasteiger partial charge on any atom is -0.481 e. The van der Waals surface area contributed by atoms with Crippen molar-refractivity contribution in [2.45, 2.75) is 230 Å². The number of primary amides is 1. The topological polar surface area (TPSA) is 639 Å². The van der Waals surface area contributed by atoms with Gasteiger partial charge in [-0.05, 0) is 76.5 Å². The fraction of sp³-hybridized carbons (Fsp3) is 0.603. The molecule has 40 heteroatoms. The monoisotopic (exact) mass is 1530 g/mol. The van der Waals surface area contributed by atoms with Gasteiger partial charge in [-0.15, -0.1) is 0 Å². The molecule has 0 aliphatic carbocycles. The Morgan fingerprint density at radius 2 is 1.05 bits per heavy atom. The zero-order valence-electron chi connectivity index (χ0n) is 61.2. The number of aromatic nitrogens is 1. The van der Waals surface area contributed by atoms with Crippen molar-refractivity contribution in [2.24, 2.45) is 23.3 Å². The molecule has 1 aromatic carbocycles. The average Bonchev–Trinajstić information content (AvgIpc) is 1.65. The molecule has 12 unspecified atom stereocenters. The lowest BCUT2D eigenvalue weighted by Gasteiger charge is -2.30. The molecule has 1 aromatic heterocycles. The number of H-pyrrole nitrogens is 1. The maximum Gasteiger partial charge on any atom is 0.329 e. The van der Waals surface area contributed by atoms with Crippen molar-refractivity contribution < 1.29 is 116 Å². The van der Waals surface area contributed by atoms with Crippen molar-refractivity contribution in [3.05, 3.63) is 36.0 Å². The summed E-state index contributed by atoms with van der Waals surface area (Å²) in [5.41, 5.74) is 12.5. The first-order valence-corrected chi connectivity index (χ1v) is 35.3. The van der Waals surface area contributed by atoms with Crippen LogP contribution in [0, 0.1) is 11.8 Å².